The number of aromatic nitrogens is 2. The van der Waals surface area contributed by atoms with E-state index in [4.69, 9.17) is 0 Å². The van der Waals surface area contributed by atoms with Crippen LogP contribution in [0.5, 0.6) is 0 Å². The third-order valence-electron chi connectivity index (χ3n) is 3.21. The largest absolute Gasteiger partial charge is 0.270 e. The van der Waals surface area contributed by atoms with Gasteiger partial charge < -0.3 is 0 Å². The van der Waals surface area contributed by atoms with Crippen LogP contribution < -0.4 is 0 Å². The highest BCUT2D eigenvalue weighted by Crippen LogP contribution is 2.36. The molecule has 2 heterocycles. The highest BCUT2D eigenvalue weighted by atomic mass is 32.2. The van der Waals surface area contributed by atoms with Crippen molar-refractivity contribution in [2.75, 3.05) is 0 Å². The smallest absolute Gasteiger partial charge is 0.270 e. The van der Waals surface area contributed by atoms with Crippen molar-refractivity contribution in [3.05, 3.63) is 54.6 Å². The summed E-state index contributed by atoms with van der Waals surface area (Å²) in [6.45, 7) is 0. The Labute approximate surface area is 124 Å². The van der Waals surface area contributed by atoms with Gasteiger partial charge in [-0.25, -0.2) is 4.98 Å². The molecule has 0 spiro atoms. The molecule has 0 saturated heterocycles. The van der Waals surface area contributed by atoms with Crippen LogP contribution in [0.15, 0.2) is 70.0 Å². The van der Waals surface area contributed by atoms with Gasteiger partial charge in [0, 0.05) is 0 Å². The Morgan fingerprint density at radius 3 is 2.67 bits per heavy atom. The van der Waals surface area contributed by atoms with Gasteiger partial charge in [-0.05, 0) is 36.0 Å². The van der Waals surface area contributed by atoms with Crippen LogP contribution in [-0.4, -0.2) is 20.8 Å². The zero-order chi connectivity index (χ0) is 14.2. The summed E-state index contributed by atoms with van der Waals surface area (Å²) in [5.74, 6) is -0.0941. The van der Waals surface area contributed by atoms with Crippen LogP contribution in [0.2, 0.25) is 0 Å². The number of fused-ring (bicyclic) bond motifs is 3. The number of azo groups is 1. The van der Waals surface area contributed by atoms with E-state index in [1.54, 1.807) is 4.57 Å². The quantitative estimate of drug-likeness (QED) is 0.674. The molecule has 1 aromatic heterocycles. The molecule has 1 aliphatic heterocycles. The van der Waals surface area contributed by atoms with Crippen molar-refractivity contribution in [1.29, 1.82) is 0 Å². The van der Waals surface area contributed by atoms with Crippen molar-refractivity contribution in [3.8, 4) is 0 Å². The molecule has 0 aliphatic carbocycles. The highest BCUT2D eigenvalue weighted by Gasteiger charge is 2.34. The van der Waals surface area contributed by atoms with Crippen LogP contribution >= 0.6 is 11.8 Å². The summed E-state index contributed by atoms with van der Waals surface area (Å²) in [5.41, 5.74) is 2.38. The standard InChI is InChI=1S/C15H10N4OS/c20-14-13(18-17-10-6-2-1-3-7-10)21-15-16-11-8-4-5-9-12(11)19(14)15/h1-9,13H/t13-/m1/s1. The summed E-state index contributed by atoms with van der Waals surface area (Å²) >= 11 is 1.33. The molecule has 5 nitrogen and oxygen atoms in total. The Morgan fingerprint density at radius 1 is 1.05 bits per heavy atom. The monoisotopic (exact) mass is 294 g/mol. The molecule has 6 heteroatoms. The lowest BCUT2D eigenvalue weighted by Gasteiger charge is -2.00. The third-order valence-corrected chi connectivity index (χ3v) is 4.22. The Bertz CT molecular complexity index is 856. The van der Waals surface area contributed by atoms with Gasteiger partial charge in [0.15, 0.2) is 5.16 Å². The number of rotatable bonds is 2. The van der Waals surface area contributed by atoms with E-state index in [2.05, 4.69) is 15.2 Å². The highest BCUT2D eigenvalue weighted by molar-refractivity contribution is 8.00. The van der Waals surface area contributed by atoms with Crippen LogP contribution in [0.3, 0.4) is 0 Å². The number of hydrogen-bond donors (Lipinski definition) is 0. The topological polar surface area (TPSA) is 59.6 Å². The summed E-state index contributed by atoms with van der Waals surface area (Å²) < 4.78 is 1.62. The normalized spacial score (nSPS) is 17.7. The van der Waals surface area contributed by atoms with Gasteiger partial charge in [0.05, 0.1) is 16.7 Å². The number of carbonyl (C=O) groups excluding carboxylic acids is 1. The van der Waals surface area contributed by atoms with E-state index in [-0.39, 0.29) is 5.91 Å². The molecule has 0 saturated carbocycles. The molecule has 4 rings (SSSR count). The zero-order valence-corrected chi connectivity index (χ0v) is 11.7. The summed E-state index contributed by atoms with van der Waals surface area (Å²) in [6.07, 6.45) is 0. The van der Waals surface area contributed by atoms with E-state index >= 15 is 0 Å². The van der Waals surface area contributed by atoms with E-state index < -0.39 is 5.37 Å². The van der Waals surface area contributed by atoms with Crippen LogP contribution in [0, 0.1) is 0 Å². The number of imidazole rings is 1. The second kappa shape index (κ2) is 4.82. The number of hydrogen-bond acceptors (Lipinski definition) is 5. The zero-order valence-electron chi connectivity index (χ0n) is 10.9. The number of para-hydroxylation sites is 2. The summed E-state index contributed by atoms with van der Waals surface area (Å²) in [5, 5.41) is 8.39. The van der Waals surface area contributed by atoms with Gasteiger partial charge in [-0.15, -0.1) is 0 Å². The molecular formula is C15H10N4OS. The Morgan fingerprint density at radius 2 is 1.81 bits per heavy atom. The molecule has 1 atom stereocenters. The average molecular weight is 294 g/mol. The van der Waals surface area contributed by atoms with Gasteiger partial charge in [-0.2, -0.15) is 10.2 Å². The van der Waals surface area contributed by atoms with Gasteiger partial charge in [0.2, 0.25) is 5.37 Å². The third kappa shape index (κ3) is 2.04. The van der Waals surface area contributed by atoms with Gasteiger partial charge in [-0.3, -0.25) is 9.36 Å². The maximum absolute atomic E-state index is 12.4. The Hall–Kier alpha value is -2.47. The molecule has 0 bridgehead atoms. The van der Waals surface area contributed by atoms with Crippen molar-refractivity contribution >= 4 is 34.4 Å². The summed E-state index contributed by atoms with van der Waals surface area (Å²) in [6, 6.07) is 17.0. The number of thioether (sulfide) groups is 1. The van der Waals surface area contributed by atoms with Crippen molar-refractivity contribution < 1.29 is 4.79 Å². The van der Waals surface area contributed by atoms with Gasteiger partial charge in [0.25, 0.3) is 5.91 Å². The van der Waals surface area contributed by atoms with Gasteiger partial charge in [-0.1, -0.05) is 30.3 Å². The predicted octanol–water partition coefficient (Wildman–Crippen LogP) is 3.89. The molecule has 0 unspecified atom stereocenters. The predicted molar refractivity (Wildman–Crippen MR) is 81.0 cm³/mol. The minimum atomic E-state index is -0.558. The van der Waals surface area contributed by atoms with Crippen molar-refractivity contribution in [2.45, 2.75) is 10.5 Å². The van der Waals surface area contributed by atoms with E-state index in [0.29, 0.717) is 5.16 Å². The lowest BCUT2D eigenvalue weighted by Crippen LogP contribution is -2.14. The van der Waals surface area contributed by atoms with Crippen LogP contribution in [0.1, 0.15) is 4.79 Å². The first-order chi connectivity index (χ1) is 10.3. The fraction of sp³-hybridized carbons (Fsp3) is 0.0667. The van der Waals surface area contributed by atoms with Crippen LogP contribution in [0.25, 0.3) is 11.0 Å². The van der Waals surface area contributed by atoms with E-state index in [0.717, 1.165) is 16.7 Å². The molecule has 0 N–H and O–H groups in total. The molecule has 21 heavy (non-hydrogen) atoms. The van der Waals surface area contributed by atoms with E-state index in [9.17, 15) is 4.79 Å². The number of benzene rings is 2. The van der Waals surface area contributed by atoms with Crippen LogP contribution in [0.4, 0.5) is 5.69 Å². The van der Waals surface area contributed by atoms with Crippen molar-refractivity contribution in [3.63, 3.8) is 0 Å². The van der Waals surface area contributed by atoms with E-state index in [1.807, 2.05) is 54.6 Å². The Kier molecular flexibility index (Phi) is 2.82. The second-order valence-electron chi connectivity index (χ2n) is 4.58. The molecule has 3 aromatic rings. The second-order valence-corrected chi connectivity index (χ2v) is 5.63. The maximum atomic E-state index is 12.4. The minimum Gasteiger partial charge on any atom is -0.270 e. The molecule has 0 radical (unpaired) electrons. The SMILES string of the molecule is O=C1[C@H](N=Nc2ccccc2)Sc2nc3ccccc3n21. The summed E-state index contributed by atoms with van der Waals surface area (Å²) in [7, 11) is 0. The summed E-state index contributed by atoms with van der Waals surface area (Å²) in [4.78, 5) is 16.9. The lowest BCUT2D eigenvalue weighted by atomic mass is 10.3. The number of carbonyl (C=O) groups is 1. The maximum Gasteiger partial charge on any atom is 0.270 e. The first kappa shape index (κ1) is 12.3. The molecule has 0 fully saturated rings. The lowest BCUT2D eigenvalue weighted by molar-refractivity contribution is 0.0915. The van der Waals surface area contributed by atoms with Gasteiger partial charge >= 0.3 is 0 Å². The molecular weight excluding hydrogens is 284 g/mol. The van der Waals surface area contributed by atoms with Gasteiger partial charge in [0.1, 0.15) is 0 Å². The first-order valence-electron chi connectivity index (χ1n) is 6.47. The van der Waals surface area contributed by atoms with Crippen molar-refractivity contribution in [2.24, 2.45) is 10.2 Å². The molecule has 102 valence electrons. The fourth-order valence-corrected chi connectivity index (χ4v) is 3.19. The minimum absolute atomic E-state index is 0.0941. The van der Waals surface area contributed by atoms with E-state index in [1.165, 1.54) is 11.8 Å². The Balaban J connectivity index is 1.66. The first-order valence-corrected chi connectivity index (χ1v) is 7.35. The molecule has 2 aromatic carbocycles. The van der Waals surface area contributed by atoms with Crippen LogP contribution in [-0.2, 0) is 0 Å². The fourth-order valence-electron chi connectivity index (χ4n) is 2.24. The molecule has 1 aliphatic rings. The van der Waals surface area contributed by atoms with Crippen molar-refractivity contribution in [1.82, 2.24) is 9.55 Å². The average Bonchev–Trinajstić information content (AvgIpc) is 3.03. The number of nitrogens with zero attached hydrogens (tertiary/aromatic N) is 4. The molecule has 0 amide bonds.